The van der Waals surface area contributed by atoms with Crippen LogP contribution in [0.25, 0.3) is 10.9 Å². The van der Waals surface area contributed by atoms with Crippen LogP contribution in [0.2, 0.25) is 0 Å². The number of likely N-dealkylation sites (N-methyl/N-ethyl adjacent to an activating group) is 1. The molecule has 0 bridgehead atoms. The molecule has 0 aliphatic heterocycles. The van der Waals surface area contributed by atoms with Crippen molar-refractivity contribution in [1.29, 1.82) is 0 Å². The smallest absolute Gasteiger partial charge is 0.311 e. The summed E-state index contributed by atoms with van der Waals surface area (Å²) in [5, 5.41) is 1.14. The van der Waals surface area contributed by atoms with Crippen LogP contribution in [-0.4, -0.2) is 36.5 Å². The van der Waals surface area contributed by atoms with Gasteiger partial charge < -0.3 is 14.6 Å². The van der Waals surface area contributed by atoms with Crippen LogP contribution in [-0.2, 0) is 11.2 Å². The summed E-state index contributed by atoms with van der Waals surface area (Å²) in [6.45, 7) is 3.12. The average Bonchev–Trinajstić information content (AvgIpc) is 2.88. The molecule has 0 unspecified atom stereocenters. The van der Waals surface area contributed by atoms with Gasteiger partial charge in [0.05, 0.1) is 0 Å². The second kappa shape index (κ2) is 7.99. The highest BCUT2D eigenvalue weighted by Crippen LogP contribution is 2.24. The van der Waals surface area contributed by atoms with Crippen molar-refractivity contribution in [1.82, 2.24) is 9.88 Å². The Kier molecular flexibility index (Phi) is 6.01. The number of ether oxygens (including phenoxy) is 1. The molecule has 22 heavy (non-hydrogen) atoms. The van der Waals surface area contributed by atoms with E-state index in [4.69, 9.17) is 4.74 Å². The molecule has 0 fully saturated rings. The Morgan fingerprint density at radius 1 is 1.27 bits per heavy atom. The molecule has 1 N–H and O–H groups in total. The van der Waals surface area contributed by atoms with E-state index in [1.807, 2.05) is 24.4 Å². The maximum Gasteiger partial charge on any atom is 0.311 e. The fraction of sp³-hybridized carbons (Fsp3) is 0.500. The molecule has 4 heteroatoms. The van der Waals surface area contributed by atoms with Gasteiger partial charge in [0.15, 0.2) is 0 Å². The molecule has 0 amide bonds. The number of aromatic nitrogens is 1. The first-order chi connectivity index (χ1) is 10.6. The predicted octanol–water partition coefficient (Wildman–Crippen LogP) is 3.76. The number of hydrogen-bond donors (Lipinski definition) is 1. The summed E-state index contributed by atoms with van der Waals surface area (Å²) in [7, 11) is 4.14. The Hall–Kier alpha value is -1.81. The summed E-state index contributed by atoms with van der Waals surface area (Å²) in [6, 6.07) is 5.80. The van der Waals surface area contributed by atoms with Crippen molar-refractivity contribution in [3.63, 3.8) is 0 Å². The number of benzene rings is 1. The number of esters is 1. The average molecular weight is 302 g/mol. The molecule has 0 radical (unpaired) electrons. The molecule has 0 saturated carbocycles. The molecule has 0 spiro atoms. The summed E-state index contributed by atoms with van der Waals surface area (Å²) in [5.41, 5.74) is 2.34. The maximum atomic E-state index is 11.8. The Morgan fingerprint density at radius 2 is 2.09 bits per heavy atom. The number of carbonyl (C=O) groups is 1. The second-order valence-electron chi connectivity index (χ2n) is 6.01. The third kappa shape index (κ3) is 4.60. The third-order valence-electron chi connectivity index (χ3n) is 3.78. The van der Waals surface area contributed by atoms with Gasteiger partial charge in [-0.25, -0.2) is 0 Å². The SMILES string of the molecule is CCCCCC(=O)Oc1ccc2[nH]cc(CCN(C)C)c2c1. The van der Waals surface area contributed by atoms with E-state index < -0.39 is 0 Å². The lowest BCUT2D eigenvalue weighted by molar-refractivity contribution is -0.134. The lowest BCUT2D eigenvalue weighted by atomic mass is 10.1. The molecule has 120 valence electrons. The van der Waals surface area contributed by atoms with Crippen molar-refractivity contribution < 1.29 is 9.53 Å². The highest BCUT2D eigenvalue weighted by molar-refractivity contribution is 5.85. The summed E-state index contributed by atoms with van der Waals surface area (Å²) < 4.78 is 5.46. The minimum atomic E-state index is -0.141. The number of aromatic amines is 1. The van der Waals surface area contributed by atoms with E-state index in [-0.39, 0.29) is 5.97 Å². The Balaban J connectivity index is 2.05. The van der Waals surface area contributed by atoms with Crippen LogP contribution < -0.4 is 4.74 Å². The summed E-state index contributed by atoms with van der Waals surface area (Å²) in [4.78, 5) is 17.3. The van der Waals surface area contributed by atoms with Crippen molar-refractivity contribution in [2.45, 2.75) is 39.0 Å². The van der Waals surface area contributed by atoms with Crippen LogP contribution in [0, 0.1) is 0 Å². The Bertz CT molecular complexity index is 617. The minimum Gasteiger partial charge on any atom is -0.427 e. The summed E-state index contributed by atoms with van der Waals surface area (Å²) in [6.07, 6.45) is 6.59. The molecule has 1 aromatic carbocycles. The van der Waals surface area contributed by atoms with Crippen molar-refractivity contribution in [2.75, 3.05) is 20.6 Å². The molecule has 2 rings (SSSR count). The van der Waals surface area contributed by atoms with Gasteiger partial charge in [-0.15, -0.1) is 0 Å². The number of fused-ring (bicyclic) bond motifs is 1. The van der Waals surface area contributed by atoms with Gasteiger partial charge in [0.25, 0.3) is 0 Å². The van der Waals surface area contributed by atoms with E-state index in [9.17, 15) is 4.79 Å². The van der Waals surface area contributed by atoms with Crippen LogP contribution in [0.15, 0.2) is 24.4 Å². The monoisotopic (exact) mass is 302 g/mol. The zero-order valence-electron chi connectivity index (χ0n) is 13.8. The zero-order valence-corrected chi connectivity index (χ0v) is 13.8. The van der Waals surface area contributed by atoms with E-state index >= 15 is 0 Å². The number of carbonyl (C=O) groups excluding carboxylic acids is 1. The van der Waals surface area contributed by atoms with Gasteiger partial charge >= 0.3 is 5.97 Å². The fourth-order valence-corrected chi connectivity index (χ4v) is 2.47. The number of unbranched alkanes of at least 4 members (excludes halogenated alkanes) is 2. The number of hydrogen-bond acceptors (Lipinski definition) is 3. The molecule has 4 nitrogen and oxygen atoms in total. The molecule has 0 saturated heterocycles. The van der Waals surface area contributed by atoms with E-state index in [1.54, 1.807) is 0 Å². The van der Waals surface area contributed by atoms with E-state index in [0.717, 1.165) is 43.1 Å². The molecule has 0 aliphatic rings. The summed E-state index contributed by atoms with van der Waals surface area (Å²) >= 11 is 0. The fourth-order valence-electron chi connectivity index (χ4n) is 2.47. The van der Waals surface area contributed by atoms with Crippen LogP contribution in [0.4, 0.5) is 0 Å². The normalized spacial score (nSPS) is 11.3. The number of nitrogens with one attached hydrogen (secondary N) is 1. The van der Waals surface area contributed by atoms with Gasteiger partial charge in [-0.05, 0) is 50.7 Å². The van der Waals surface area contributed by atoms with Gasteiger partial charge in [0.2, 0.25) is 0 Å². The van der Waals surface area contributed by atoms with Crippen LogP contribution >= 0.6 is 0 Å². The minimum absolute atomic E-state index is 0.141. The first-order valence-corrected chi connectivity index (χ1v) is 8.05. The standard InChI is InChI=1S/C18H26N2O2/c1-4-5-6-7-18(21)22-15-8-9-17-16(12-15)14(13-19-17)10-11-20(2)3/h8-9,12-13,19H,4-7,10-11H2,1-3H3. The highest BCUT2D eigenvalue weighted by atomic mass is 16.5. The number of H-pyrrole nitrogens is 1. The van der Waals surface area contributed by atoms with Crippen molar-refractivity contribution in [3.8, 4) is 5.75 Å². The second-order valence-corrected chi connectivity index (χ2v) is 6.01. The zero-order chi connectivity index (χ0) is 15.9. The lowest BCUT2D eigenvalue weighted by Gasteiger charge is -2.08. The van der Waals surface area contributed by atoms with Gasteiger partial charge in [-0.1, -0.05) is 19.8 Å². The molecule has 0 atom stereocenters. The predicted molar refractivity (Wildman–Crippen MR) is 90.3 cm³/mol. The Labute approximate surface area is 132 Å². The molecular weight excluding hydrogens is 276 g/mol. The van der Waals surface area contributed by atoms with Gasteiger partial charge in [-0.3, -0.25) is 4.79 Å². The first kappa shape index (κ1) is 16.6. The van der Waals surface area contributed by atoms with Crippen molar-refractivity contribution in [3.05, 3.63) is 30.0 Å². The van der Waals surface area contributed by atoms with Crippen molar-refractivity contribution in [2.24, 2.45) is 0 Å². The van der Waals surface area contributed by atoms with E-state index in [2.05, 4.69) is 30.9 Å². The Morgan fingerprint density at radius 3 is 2.82 bits per heavy atom. The highest BCUT2D eigenvalue weighted by Gasteiger charge is 2.09. The van der Waals surface area contributed by atoms with Crippen LogP contribution in [0.5, 0.6) is 5.75 Å². The van der Waals surface area contributed by atoms with Gasteiger partial charge in [0.1, 0.15) is 5.75 Å². The molecule has 1 heterocycles. The van der Waals surface area contributed by atoms with E-state index in [0.29, 0.717) is 12.2 Å². The number of rotatable bonds is 8. The number of nitrogens with zero attached hydrogens (tertiary/aromatic N) is 1. The molecule has 2 aromatic rings. The van der Waals surface area contributed by atoms with E-state index in [1.165, 1.54) is 5.56 Å². The van der Waals surface area contributed by atoms with Gasteiger partial charge in [-0.2, -0.15) is 0 Å². The van der Waals surface area contributed by atoms with Crippen LogP contribution in [0.3, 0.4) is 0 Å². The van der Waals surface area contributed by atoms with Crippen molar-refractivity contribution >= 4 is 16.9 Å². The maximum absolute atomic E-state index is 11.8. The molecular formula is C18H26N2O2. The third-order valence-corrected chi connectivity index (χ3v) is 3.78. The lowest BCUT2D eigenvalue weighted by Crippen LogP contribution is -2.14. The topological polar surface area (TPSA) is 45.3 Å². The largest absolute Gasteiger partial charge is 0.427 e. The summed E-state index contributed by atoms with van der Waals surface area (Å²) in [5.74, 6) is 0.498. The first-order valence-electron chi connectivity index (χ1n) is 8.05. The van der Waals surface area contributed by atoms with Crippen LogP contribution in [0.1, 0.15) is 38.2 Å². The van der Waals surface area contributed by atoms with Gasteiger partial charge in [0, 0.05) is 30.1 Å². The molecule has 1 aromatic heterocycles. The quantitative estimate of drug-likeness (QED) is 0.459. The molecule has 0 aliphatic carbocycles.